The summed E-state index contributed by atoms with van der Waals surface area (Å²) in [6.45, 7) is 3.58. The molecular weight excluding hydrogens is 302 g/mol. The van der Waals surface area contributed by atoms with Crippen molar-refractivity contribution in [3.05, 3.63) is 34.3 Å². The number of carbonyl (C=O) groups excluding carboxylic acids is 1. The first-order valence-electron chi connectivity index (χ1n) is 5.77. The number of benzene rings is 1. The zero-order chi connectivity index (χ0) is 12.4. The Labute approximate surface area is 115 Å². The molecule has 1 aromatic carbocycles. The van der Waals surface area contributed by atoms with Crippen LogP contribution < -0.4 is 0 Å². The first-order valence-corrected chi connectivity index (χ1v) is 7.07. The number of nitrogens with zero attached hydrogens (tertiary/aromatic N) is 1. The second-order valence-corrected chi connectivity index (χ2v) is 6.15. The minimum atomic E-state index is 0.0504. The van der Waals surface area contributed by atoms with Gasteiger partial charge in [0, 0.05) is 17.9 Å². The second kappa shape index (κ2) is 5.40. The summed E-state index contributed by atoms with van der Waals surface area (Å²) in [6, 6.07) is 5.59. The number of hydrogen-bond acceptors (Lipinski definition) is 1. The number of alkyl halides is 1. The molecule has 2 nitrogen and oxygen atoms in total. The van der Waals surface area contributed by atoms with E-state index in [2.05, 4.69) is 15.9 Å². The molecule has 0 N–H and O–H groups in total. The predicted octanol–water partition coefficient (Wildman–Crippen LogP) is 3.65. The van der Waals surface area contributed by atoms with Gasteiger partial charge in [-0.1, -0.05) is 33.6 Å². The van der Waals surface area contributed by atoms with Crippen LogP contribution in [0.2, 0.25) is 5.02 Å². The lowest BCUT2D eigenvalue weighted by atomic mass is 10.1. The van der Waals surface area contributed by atoms with Crippen molar-refractivity contribution in [3.8, 4) is 0 Å². The number of piperidine rings is 1. The first-order chi connectivity index (χ1) is 8.08. The van der Waals surface area contributed by atoms with Crippen LogP contribution in [-0.2, 0) is 0 Å². The zero-order valence-electron chi connectivity index (χ0n) is 9.75. The highest BCUT2D eigenvalue weighted by molar-refractivity contribution is 9.09. The first kappa shape index (κ1) is 12.9. The Bertz CT molecular complexity index is 427. The molecule has 1 aliphatic rings. The van der Waals surface area contributed by atoms with Gasteiger partial charge >= 0.3 is 0 Å². The van der Waals surface area contributed by atoms with Gasteiger partial charge < -0.3 is 4.90 Å². The molecule has 0 atom stereocenters. The molecule has 0 bridgehead atoms. The molecule has 0 radical (unpaired) electrons. The van der Waals surface area contributed by atoms with Crippen LogP contribution in [0.4, 0.5) is 0 Å². The Morgan fingerprint density at radius 2 is 2.06 bits per heavy atom. The third-order valence-corrected chi connectivity index (χ3v) is 4.30. The Morgan fingerprint density at radius 3 is 2.65 bits per heavy atom. The second-order valence-electron chi connectivity index (χ2n) is 4.45. The lowest BCUT2D eigenvalue weighted by Crippen LogP contribution is -2.38. The van der Waals surface area contributed by atoms with Gasteiger partial charge in [-0.3, -0.25) is 4.79 Å². The molecule has 0 aromatic heterocycles. The molecule has 1 aromatic rings. The highest BCUT2D eigenvalue weighted by Gasteiger charge is 2.23. The number of carbonyl (C=O) groups is 1. The average molecular weight is 317 g/mol. The van der Waals surface area contributed by atoms with Gasteiger partial charge in [-0.05, 0) is 37.5 Å². The van der Waals surface area contributed by atoms with E-state index >= 15 is 0 Å². The standard InChI is InChI=1S/C13H15BrClNO/c1-9-2-3-11(12(15)8-9)13(17)16-6-4-10(14)5-7-16/h2-3,8,10H,4-7H2,1H3. The van der Waals surface area contributed by atoms with Crippen molar-refractivity contribution in [1.29, 1.82) is 0 Å². The number of aryl methyl sites for hydroxylation is 1. The number of halogens is 2. The summed E-state index contributed by atoms with van der Waals surface area (Å²) >= 11 is 9.70. The van der Waals surface area contributed by atoms with Gasteiger partial charge in [-0.25, -0.2) is 0 Å². The average Bonchev–Trinajstić information content (AvgIpc) is 2.29. The van der Waals surface area contributed by atoms with Crippen molar-refractivity contribution < 1.29 is 4.79 Å². The molecule has 0 unspecified atom stereocenters. The van der Waals surface area contributed by atoms with Gasteiger partial charge in [0.25, 0.3) is 5.91 Å². The van der Waals surface area contributed by atoms with Crippen molar-refractivity contribution in [3.63, 3.8) is 0 Å². The maximum absolute atomic E-state index is 12.3. The zero-order valence-corrected chi connectivity index (χ0v) is 12.1. The minimum absolute atomic E-state index is 0.0504. The van der Waals surface area contributed by atoms with Crippen LogP contribution in [0.5, 0.6) is 0 Å². The maximum atomic E-state index is 12.3. The number of hydrogen-bond donors (Lipinski definition) is 0. The lowest BCUT2D eigenvalue weighted by molar-refractivity contribution is 0.0728. The van der Waals surface area contributed by atoms with Crippen LogP contribution in [0.25, 0.3) is 0 Å². The van der Waals surface area contributed by atoms with Crippen LogP contribution in [-0.4, -0.2) is 28.7 Å². The highest BCUT2D eigenvalue weighted by atomic mass is 79.9. The van der Waals surface area contributed by atoms with E-state index in [1.807, 2.05) is 30.0 Å². The molecule has 0 spiro atoms. The lowest BCUT2D eigenvalue weighted by Gasteiger charge is -2.29. The van der Waals surface area contributed by atoms with E-state index in [1.165, 1.54) is 0 Å². The quantitative estimate of drug-likeness (QED) is 0.724. The molecule has 1 aliphatic heterocycles. The Balaban J connectivity index is 2.14. The fourth-order valence-electron chi connectivity index (χ4n) is 2.01. The van der Waals surface area contributed by atoms with Crippen LogP contribution >= 0.6 is 27.5 Å². The van der Waals surface area contributed by atoms with Crippen LogP contribution in [0.15, 0.2) is 18.2 Å². The van der Waals surface area contributed by atoms with Gasteiger partial charge in [-0.2, -0.15) is 0 Å². The molecule has 4 heteroatoms. The molecule has 17 heavy (non-hydrogen) atoms. The van der Waals surface area contributed by atoms with Gasteiger partial charge in [0.05, 0.1) is 10.6 Å². The molecular formula is C13H15BrClNO. The fraction of sp³-hybridized carbons (Fsp3) is 0.462. The van der Waals surface area contributed by atoms with Gasteiger partial charge in [0.15, 0.2) is 0 Å². The number of likely N-dealkylation sites (tertiary alicyclic amines) is 1. The molecule has 2 rings (SSSR count). The summed E-state index contributed by atoms with van der Waals surface area (Å²) < 4.78 is 0. The van der Waals surface area contributed by atoms with Gasteiger partial charge in [0.2, 0.25) is 0 Å². The van der Waals surface area contributed by atoms with Gasteiger partial charge in [0.1, 0.15) is 0 Å². The smallest absolute Gasteiger partial charge is 0.255 e. The summed E-state index contributed by atoms with van der Waals surface area (Å²) in [5, 5.41) is 0.552. The van der Waals surface area contributed by atoms with Crippen molar-refractivity contribution >= 4 is 33.4 Å². The largest absolute Gasteiger partial charge is 0.339 e. The molecule has 1 amide bonds. The Hall–Kier alpha value is -0.540. The van der Waals surface area contributed by atoms with Crippen molar-refractivity contribution in [1.82, 2.24) is 4.90 Å². The predicted molar refractivity (Wildman–Crippen MR) is 74.0 cm³/mol. The topological polar surface area (TPSA) is 20.3 Å². The molecule has 92 valence electrons. The molecule has 1 saturated heterocycles. The number of amides is 1. The van der Waals surface area contributed by atoms with Crippen molar-refractivity contribution in [2.45, 2.75) is 24.6 Å². The van der Waals surface area contributed by atoms with E-state index in [1.54, 1.807) is 0 Å². The SMILES string of the molecule is Cc1ccc(C(=O)N2CCC(Br)CC2)c(Cl)c1. The molecule has 0 aliphatic carbocycles. The van der Waals surface area contributed by atoms with E-state index in [0.29, 0.717) is 15.4 Å². The Kier molecular flexibility index (Phi) is 4.10. The number of rotatable bonds is 1. The van der Waals surface area contributed by atoms with Crippen LogP contribution in [0, 0.1) is 6.92 Å². The molecule has 1 heterocycles. The summed E-state index contributed by atoms with van der Waals surface area (Å²) in [5.74, 6) is 0.0504. The van der Waals surface area contributed by atoms with Crippen molar-refractivity contribution in [2.24, 2.45) is 0 Å². The fourth-order valence-corrected chi connectivity index (χ4v) is 2.74. The van der Waals surface area contributed by atoms with E-state index in [9.17, 15) is 4.79 Å². The van der Waals surface area contributed by atoms with Crippen molar-refractivity contribution in [2.75, 3.05) is 13.1 Å². The molecule has 1 fully saturated rings. The maximum Gasteiger partial charge on any atom is 0.255 e. The van der Waals surface area contributed by atoms with E-state index < -0.39 is 0 Å². The third-order valence-electron chi connectivity index (χ3n) is 3.07. The molecule has 0 saturated carbocycles. The van der Waals surface area contributed by atoms with E-state index in [4.69, 9.17) is 11.6 Å². The highest BCUT2D eigenvalue weighted by Crippen LogP contribution is 2.23. The Morgan fingerprint density at radius 1 is 1.41 bits per heavy atom. The normalized spacial score (nSPS) is 17.2. The monoisotopic (exact) mass is 315 g/mol. The van der Waals surface area contributed by atoms with Gasteiger partial charge in [-0.15, -0.1) is 0 Å². The summed E-state index contributed by atoms with van der Waals surface area (Å²) in [6.07, 6.45) is 2.02. The minimum Gasteiger partial charge on any atom is -0.339 e. The van der Waals surface area contributed by atoms with E-state index in [0.717, 1.165) is 31.5 Å². The summed E-state index contributed by atoms with van der Waals surface area (Å²) in [7, 11) is 0. The summed E-state index contributed by atoms with van der Waals surface area (Å²) in [4.78, 5) is 14.7. The van der Waals surface area contributed by atoms with Crippen LogP contribution in [0.3, 0.4) is 0 Å². The van der Waals surface area contributed by atoms with Crippen LogP contribution in [0.1, 0.15) is 28.8 Å². The summed E-state index contributed by atoms with van der Waals surface area (Å²) in [5.41, 5.74) is 1.69. The third kappa shape index (κ3) is 3.02. The van der Waals surface area contributed by atoms with E-state index in [-0.39, 0.29) is 5.91 Å².